The van der Waals surface area contributed by atoms with Crippen LogP contribution in [0, 0.1) is 5.92 Å². The monoisotopic (exact) mass is 171 g/mol. The zero-order valence-corrected chi connectivity index (χ0v) is 8.27. The normalized spacial score (nSPS) is 23.2. The molecule has 2 nitrogen and oxygen atoms in total. The van der Waals surface area contributed by atoms with E-state index in [0.29, 0.717) is 5.92 Å². The Labute approximate surface area is 75.4 Å². The summed E-state index contributed by atoms with van der Waals surface area (Å²) in [7, 11) is 0. The molecule has 0 aromatic heterocycles. The van der Waals surface area contributed by atoms with Gasteiger partial charge in [0, 0.05) is 6.54 Å². The van der Waals surface area contributed by atoms with Crippen molar-refractivity contribution in [3.8, 4) is 0 Å². The molecular formula is C10H21NO. The van der Waals surface area contributed by atoms with E-state index >= 15 is 0 Å². The molecule has 0 spiro atoms. The molecule has 0 radical (unpaired) electrons. The summed E-state index contributed by atoms with van der Waals surface area (Å²) in [5.41, 5.74) is -0.465. The lowest BCUT2D eigenvalue weighted by atomic mass is 9.74. The summed E-state index contributed by atoms with van der Waals surface area (Å²) in [6, 6.07) is 0. The quantitative estimate of drug-likeness (QED) is 0.615. The maximum atomic E-state index is 10.00. The van der Waals surface area contributed by atoms with E-state index in [1.807, 2.05) is 6.92 Å². The molecule has 0 aliphatic heterocycles. The molecule has 72 valence electrons. The standard InChI is InChI=1S/C10H21NO/c1-3-7-11-8-10(2,12)9-5-4-6-9/h9,11-12H,3-8H2,1-2H3. The van der Waals surface area contributed by atoms with Crippen LogP contribution in [0.1, 0.15) is 39.5 Å². The number of nitrogens with one attached hydrogen (secondary N) is 1. The Morgan fingerprint density at radius 1 is 1.50 bits per heavy atom. The van der Waals surface area contributed by atoms with Gasteiger partial charge in [-0.15, -0.1) is 0 Å². The third-order valence-electron chi connectivity index (χ3n) is 2.89. The van der Waals surface area contributed by atoms with Crippen molar-refractivity contribution in [1.82, 2.24) is 5.32 Å². The highest BCUT2D eigenvalue weighted by atomic mass is 16.3. The first kappa shape index (κ1) is 10.0. The highest BCUT2D eigenvalue weighted by molar-refractivity contribution is 4.88. The van der Waals surface area contributed by atoms with Crippen LogP contribution < -0.4 is 5.32 Å². The first-order valence-corrected chi connectivity index (χ1v) is 5.10. The Hall–Kier alpha value is -0.0800. The van der Waals surface area contributed by atoms with E-state index in [0.717, 1.165) is 19.5 Å². The van der Waals surface area contributed by atoms with Gasteiger partial charge in [-0.05, 0) is 38.6 Å². The SMILES string of the molecule is CCCNCC(C)(O)C1CCC1. The van der Waals surface area contributed by atoms with E-state index in [2.05, 4.69) is 12.2 Å². The Balaban J connectivity index is 2.17. The third kappa shape index (κ3) is 2.46. The Kier molecular flexibility index (Phi) is 3.53. The van der Waals surface area contributed by atoms with Crippen LogP contribution in [0.5, 0.6) is 0 Å². The molecule has 1 atom stereocenters. The lowest BCUT2D eigenvalue weighted by Gasteiger charge is -2.39. The van der Waals surface area contributed by atoms with Crippen molar-refractivity contribution >= 4 is 0 Å². The van der Waals surface area contributed by atoms with Crippen molar-refractivity contribution in [2.24, 2.45) is 5.92 Å². The van der Waals surface area contributed by atoms with Gasteiger partial charge in [0.2, 0.25) is 0 Å². The summed E-state index contributed by atoms with van der Waals surface area (Å²) in [6.07, 6.45) is 4.86. The van der Waals surface area contributed by atoms with Crippen LogP contribution >= 0.6 is 0 Å². The number of hydrogen-bond donors (Lipinski definition) is 2. The molecule has 2 heteroatoms. The van der Waals surface area contributed by atoms with E-state index in [-0.39, 0.29) is 0 Å². The number of aliphatic hydroxyl groups is 1. The molecule has 0 bridgehead atoms. The largest absolute Gasteiger partial charge is 0.389 e. The average Bonchev–Trinajstić information content (AvgIpc) is 1.82. The van der Waals surface area contributed by atoms with Crippen molar-refractivity contribution in [3.05, 3.63) is 0 Å². The van der Waals surface area contributed by atoms with E-state index in [4.69, 9.17) is 0 Å². The lowest BCUT2D eigenvalue weighted by Crippen LogP contribution is -2.47. The first-order chi connectivity index (χ1) is 5.67. The van der Waals surface area contributed by atoms with Gasteiger partial charge in [0.25, 0.3) is 0 Å². The fourth-order valence-corrected chi connectivity index (χ4v) is 1.69. The molecule has 1 aliphatic rings. The van der Waals surface area contributed by atoms with E-state index in [9.17, 15) is 5.11 Å². The zero-order chi connectivity index (χ0) is 9.03. The maximum Gasteiger partial charge on any atom is 0.0771 e. The molecule has 1 fully saturated rings. The molecule has 1 saturated carbocycles. The predicted octanol–water partition coefficient (Wildman–Crippen LogP) is 1.54. The molecular weight excluding hydrogens is 150 g/mol. The highest BCUT2D eigenvalue weighted by Gasteiger charge is 2.35. The number of rotatable bonds is 5. The topological polar surface area (TPSA) is 32.3 Å². The summed E-state index contributed by atoms with van der Waals surface area (Å²) in [5, 5.41) is 13.3. The molecule has 0 saturated heterocycles. The van der Waals surface area contributed by atoms with Crippen LogP contribution in [0.4, 0.5) is 0 Å². The summed E-state index contributed by atoms with van der Waals surface area (Å²) in [6.45, 7) is 5.87. The summed E-state index contributed by atoms with van der Waals surface area (Å²) < 4.78 is 0. The maximum absolute atomic E-state index is 10.00. The lowest BCUT2D eigenvalue weighted by molar-refractivity contribution is -0.0328. The second kappa shape index (κ2) is 4.24. The molecule has 12 heavy (non-hydrogen) atoms. The van der Waals surface area contributed by atoms with Crippen LogP contribution in [0.2, 0.25) is 0 Å². The average molecular weight is 171 g/mol. The van der Waals surface area contributed by atoms with Crippen LogP contribution in [-0.2, 0) is 0 Å². The third-order valence-corrected chi connectivity index (χ3v) is 2.89. The smallest absolute Gasteiger partial charge is 0.0771 e. The van der Waals surface area contributed by atoms with Gasteiger partial charge in [0.1, 0.15) is 0 Å². The summed E-state index contributed by atoms with van der Waals surface area (Å²) >= 11 is 0. The number of hydrogen-bond acceptors (Lipinski definition) is 2. The molecule has 0 aromatic rings. The van der Waals surface area contributed by atoms with Gasteiger partial charge in [0.05, 0.1) is 5.60 Å². The fourth-order valence-electron chi connectivity index (χ4n) is 1.69. The van der Waals surface area contributed by atoms with Gasteiger partial charge >= 0.3 is 0 Å². The van der Waals surface area contributed by atoms with Crippen molar-refractivity contribution in [1.29, 1.82) is 0 Å². The molecule has 2 N–H and O–H groups in total. The second-order valence-electron chi connectivity index (χ2n) is 4.16. The first-order valence-electron chi connectivity index (χ1n) is 5.10. The molecule has 0 amide bonds. The van der Waals surface area contributed by atoms with Gasteiger partial charge in [-0.3, -0.25) is 0 Å². The van der Waals surface area contributed by atoms with E-state index < -0.39 is 5.60 Å². The Morgan fingerprint density at radius 3 is 2.58 bits per heavy atom. The van der Waals surface area contributed by atoms with E-state index in [1.54, 1.807) is 0 Å². The van der Waals surface area contributed by atoms with Crippen LogP contribution in [-0.4, -0.2) is 23.8 Å². The Morgan fingerprint density at radius 2 is 2.17 bits per heavy atom. The molecule has 0 aromatic carbocycles. The minimum Gasteiger partial charge on any atom is -0.389 e. The Bertz CT molecular complexity index is 130. The molecule has 1 rings (SSSR count). The van der Waals surface area contributed by atoms with Crippen molar-refractivity contribution in [3.63, 3.8) is 0 Å². The van der Waals surface area contributed by atoms with Gasteiger partial charge in [-0.1, -0.05) is 13.3 Å². The van der Waals surface area contributed by atoms with Gasteiger partial charge in [-0.2, -0.15) is 0 Å². The van der Waals surface area contributed by atoms with Gasteiger partial charge < -0.3 is 10.4 Å². The summed E-state index contributed by atoms with van der Waals surface area (Å²) in [5.74, 6) is 0.543. The van der Waals surface area contributed by atoms with E-state index in [1.165, 1.54) is 19.3 Å². The van der Waals surface area contributed by atoms with Crippen molar-refractivity contribution in [2.75, 3.05) is 13.1 Å². The van der Waals surface area contributed by atoms with Crippen LogP contribution in [0.15, 0.2) is 0 Å². The molecule has 0 heterocycles. The minimum atomic E-state index is -0.465. The summed E-state index contributed by atoms with van der Waals surface area (Å²) in [4.78, 5) is 0. The fraction of sp³-hybridized carbons (Fsp3) is 1.00. The second-order valence-corrected chi connectivity index (χ2v) is 4.16. The van der Waals surface area contributed by atoms with Crippen molar-refractivity contribution < 1.29 is 5.11 Å². The van der Waals surface area contributed by atoms with Crippen molar-refractivity contribution in [2.45, 2.75) is 45.1 Å². The minimum absolute atomic E-state index is 0.465. The molecule has 1 aliphatic carbocycles. The van der Waals surface area contributed by atoms with Gasteiger partial charge in [0.15, 0.2) is 0 Å². The van der Waals surface area contributed by atoms with Gasteiger partial charge in [-0.25, -0.2) is 0 Å². The highest BCUT2D eigenvalue weighted by Crippen LogP contribution is 2.35. The van der Waals surface area contributed by atoms with Crippen LogP contribution in [0.3, 0.4) is 0 Å². The zero-order valence-electron chi connectivity index (χ0n) is 8.27. The van der Waals surface area contributed by atoms with Crippen LogP contribution in [0.25, 0.3) is 0 Å². The molecule has 1 unspecified atom stereocenters. The predicted molar refractivity (Wildman–Crippen MR) is 51.1 cm³/mol.